The predicted octanol–water partition coefficient (Wildman–Crippen LogP) is 3.76. The van der Waals surface area contributed by atoms with E-state index in [4.69, 9.17) is 0 Å². The first-order valence-corrected chi connectivity index (χ1v) is 12.8. The van der Waals surface area contributed by atoms with Crippen molar-refractivity contribution in [2.45, 2.75) is 17.3 Å². The summed E-state index contributed by atoms with van der Waals surface area (Å²) in [6.45, 7) is 1.62. The molecule has 4 rings (SSSR count). The molecule has 0 saturated carbocycles. The van der Waals surface area contributed by atoms with E-state index in [0.29, 0.717) is 16.6 Å². The molecule has 0 spiro atoms. The Kier molecular flexibility index (Phi) is 6.79. The van der Waals surface area contributed by atoms with Gasteiger partial charge in [-0.1, -0.05) is 0 Å². The van der Waals surface area contributed by atoms with E-state index in [2.05, 4.69) is 10.3 Å². The number of thiophene rings is 1. The van der Waals surface area contributed by atoms with Crippen molar-refractivity contribution in [3.63, 3.8) is 0 Å². The fourth-order valence-electron chi connectivity index (χ4n) is 3.58. The molecule has 38 heavy (non-hydrogen) atoms. The number of aromatic nitrogens is 2. The standard InChI is InChI=1S/C22H17F4N5O5S2/c1-10-3-6-17(37-10)38(35,36)30-20(33)28-12-7-14(22(24,25)26)18(15(23)8-12)31-19(32)13-5-4-11(27-2)9-16(13)29-21(31)34/h3-9,27H,1-2H3,(H,29,34)(H2,28,30,33). The van der Waals surface area contributed by atoms with Crippen molar-refractivity contribution in [1.29, 1.82) is 0 Å². The van der Waals surface area contributed by atoms with Crippen molar-refractivity contribution in [1.82, 2.24) is 14.3 Å². The Hall–Kier alpha value is -4.18. The van der Waals surface area contributed by atoms with Crippen LogP contribution in [0, 0.1) is 12.7 Å². The number of hydrogen-bond acceptors (Lipinski definition) is 7. The molecular formula is C22H17F4N5O5S2. The summed E-state index contributed by atoms with van der Waals surface area (Å²) in [5.41, 5.74) is -5.98. The van der Waals surface area contributed by atoms with Crippen LogP contribution in [-0.2, 0) is 16.2 Å². The van der Waals surface area contributed by atoms with Gasteiger partial charge in [0.25, 0.3) is 15.6 Å². The second-order valence-electron chi connectivity index (χ2n) is 7.86. The first-order valence-electron chi connectivity index (χ1n) is 10.5. The minimum Gasteiger partial charge on any atom is -0.388 e. The summed E-state index contributed by atoms with van der Waals surface area (Å²) in [6, 6.07) is 6.01. The number of benzene rings is 2. The van der Waals surface area contributed by atoms with Gasteiger partial charge < -0.3 is 15.6 Å². The molecule has 0 unspecified atom stereocenters. The Balaban J connectivity index is 1.78. The second kappa shape index (κ2) is 9.60. The molecular weight excluding hydrogens is 554 g/mol. The maximum Gasteiger partial charge on any atom is 0.418 e. The zero-order valence-electron chi connectivity index (χ0n) is 19.4. The molecule has 2 aromatic carbocycles. The van der Waals surface area contributed by atoms with Crippen molar-refractivity contribution in [3.8, 4) is 5.69 Å². The molecule has 0 aliphatic rings. The zero-order chi connectivity index (χ0) is 28.0. The number of aromatic amines is 1. The van der Waals surface area contributed by atoms with E-state index < -0.39 is 56.2 Å². The number of aryl methyl sites for hydroxylation is 1. The fourth-order valence-corrected chi connectivity index (χ4v) is 5.77. The van der Waals surface area contributed by atoms with Crippen LogP contribution in [0.5, 0.6) is 0 Å². The summed E-state index contributed by atoms with van der Waals surface area (Å²) in [5.74, 6) is -1.68. The highest BCUT2D eigenvalue weighted by molar-refractivity contribution is 7.92. The summed E-state index contributed by atoms with van der Waals surface area (Å²) in [7, 11) is -2.78. The van der Waals surface area contributed by atoms with E-state index in [1.54, 1.807) is 18.7 Å². The molecule has 2 amide bonds. The first kappa shape index (κ1) is 26.9. The smallest absolute Gasteiger partial charge is 0.388 e. The molecule has 0 radical (unpaired) electrons. The Labute approximate surface area is 215 Å². The van der Waals surface area contributed by atoms with Crippen LogP contribution in [0.2, 0.25) is 0 Å². The van der Waals surface area contributed by atoms with Crippen LogP contribution < -0.4 is 26.6 Å². The molecule has 2 aromatic heterocycles. The summed E-state index contributed by atoms with van der Waals surface area (Å²) < 4.78 is 83.1. The van der Waals surface area contributed by atoms with Gasteiger partial charge >= 0.3 is 17.9 Å². The molecule has 0 bridgehead atoms. The number of H-pyrrole nitrogens is 1. The molecule has 0 fully saturated rings. The lowest BCUT2D eigenvalue weighted by atomic mass is 10.1. The molecule has 200 valence electrons. The summed E-state index contributed by atoms with van der Waals surface area (Å²) in [4.78, 5) is 40.7. The predicted molar refractivity (Wildman–Crippen MR) is 133 cm³/mol. The van der Waals surface area contributed by atoms with Crippen LogP contribution in [-0.4, -0.2) is 31.0 Å². The Bertz CT molecular complexity index is 1810. The number of urea groups is 1. The lowest BCUT2D eigenvalue weighted by Crippen LogP contribution is -2.36. The molecule has 10 nitrogen and oxygen atoms in total. The van der Waals surface area contributed by atoms with Crippen molar-refractivity contribution in [2.24, 2.45) is 0 Å². The normalized spacial score (nSPS) is 11.9. The molecule has 0 aliphatic heterocycles. The number of halogens is 4. The van der Waals surface area contributed by atoms with Crippen molar-refractivity contribution in [3.05, 3.63) is 79.6 Å². The summed E-state index contributed by atoms with van der Waals surface area (Å²) in [5, 5.41) is 4.42. The maximum atomic E-state index is 15.2. The van der Waals surface area contributed by atoms with Crippen LogP contribution in [0.15, 0.2) is 56.3 Å². The minimum atomic E-state index is -5.29. The highest BCUT2D eigenvalue weighted by Gasteiger charge is 2.37. The van der Waals surface area contributed by atoms with Gasteiger partial charge in [0.15, 0.2) is 0 Å². The van der Waals surface area contributed by atoms with Crippen molar-refractivity contribution < 1.29 is 30.8 Å². The van der Waals surface area contributed by atoms with Gasteiger partial charge in [-0.2, -0.15) is 13.2 Å². The summed E-state index contributed by atoms with van der Waals surface area (Å²) >= 11 is 0.849. The van der Waals surface area contributed by atoms with Crippen LogP contribution in [0.1, 0.15) is 10.4 Å². The molecule has 4 aromatic rings. The number of amides is 2. The number of nitrogens with one attached hydrogen (secondary N) is 4. The Morgan fingerprint density at radius 1 is 1.05 bits per heavy atom. The van der Waals surface area contributed by atoms with Crippen molar-refractivity contribution >= 4 is 49.7 Å². The molecule has 0 atom stereocenters. The van der Waals surface area contributed by atoms with Gasteiger partial charge in [-0.05, 0) is 49.4 Å². The number of anilines is 2. The Morgan fingerprint density at radius 3 is 2.37 bits per heavy atom. The van der Waals surface area contributed by atoms with Gasteiger partial charge in [0.1, 0.15) is 15.7 Å². The Morgan fingerprint density at radius 2 is 1.76 bits per heavy atom. The summed E-state index contributed by atoms with van der Waals surface area (Å²) in [6.07, 6.45) is -5.29. The average Bonchev–Trinajstić information content (AvgIpc) is 3.26. The SMILES string of the molecule is CNc1ccc2c(=O)n(-c3c(F)cc(NC(=O)NS(=O)(=O)c4ccc(C)s4)cc3C(F)(F)F)c(=O)[nH]c2c1. The lowest BCUT2D eigenvalue weighted by molar-refractivity contribution is -0.137. The van der Waals surface area contributed by atoms with E-state index in [9.17, 15) is 36.0 Å². The van der Waals surface area contributed by atoms with Gasteiger partial charge in [-0.3, -0.25) is 4.79 Å². The highest BCUT2D eigenvalue weighted by atomic mass is 32.2. The van der Waals surface area contributed by atoms with Gasteiger partial charge in [0.2, 0.25) is 0 Å². The van der Waals surface area contributed by atoms with Crippen LogP contribution in [0.25, 0.3) is 16.6 Å². The van der Waals surface area contributed by atoms with Crippen LogP contribution in [0.3, 0.4) is 0 Å². The highest BCUT2D eigenvalue weighted by Crippen LogP contribution is 2.36. The van der Waals surface area contributed by atoms with Crippen LogP contribution in [0.4, 0.5) is 33.7 Å². The van der Waals surface area contributed by atoms with Crippen molar-refractivity contribution in [2.75, 3.05) is 17.7 Å². The number of alkyl halides is 3. The lowest BCUT2D eigenvalue weighted by Gasteiger charge is -2.17. The topological polar surface area (TPSA) is 142 Å². The van der Waals surface area contributed by atoms with Gasteiger partial charge in [-0.25, -0.2) is 31.7 Å². The third-order valence-corrected chi connectivity index (χ3v) is 8.07. The van der Waals surface area contributed by atoms with E-state index in [0.717, 1.165) is 11.3 Å². The quantitative estimate of drug-likeness (QED) is 0.269. The van der Waals surface area contributed by atoms with Gasteiger partial charge in [0.05, 0.1) is 16.5 Å². The third-order valence-electron chi connectivity index (χ3n) is 5.24. The molecule has 16 heteroatoms. The van der Waals surface area contributed by atoms with E-state index in [-0.39, 0.29) is 25.7 Å². The molecule has 2 heterocycles. The monoisotopic (exact) mass is 571 g/mol. The largest absolute Gasteiger partial charge is 0.418 e. The number of hydrogen-bond donors (Lipinski definition) is 4. The number of carbonyl (C=O) groups excluding carboxylic acids is 1. The minimum absolute atomic E-state index is 0.00692. The van der Waals surface area contributed by atoms with Gasteiger partial charge in [-0.15, -0.1) is 11.3 Å². The molecule has 0 aliphatic carbocycles. The van der Waals surface area contributed by atoms with Crippen LogP contribution >= 0.6 is 11.3 Å². The van der Waals surface area contributed by atoms with E-state index >= 15 is 4.39 Å². The van der Waals surface area contributed by atoms with E-state index in [1.807, 2.05) is 5.32 Å². The van der Waals surface area contributed by atoms with E-state index in [1.165, 1.54) is 30.3 Å². The zero-order valence-corrected chi connectivity index (χ0v) is 21.0. The number of nitrogens with zero attached hydrogens (tertiary/aromatic N) is 1. The average molecular weight is 572 g/mol. The number of carbonyl (C=O) groups is 1. The number of rotatable bonds is 5. The fraction of sp³-hybridized carbons (Fsp3) is 0.136. The second-order valence-corrected chi connectivity index (χ2v) is 11.1. The molecule has 0 saturated heterocycles. The maximum absolute atomic E-state index is 15.2. The van der Waals surface area contributed by atoms with Gasteiger partial charge in [0, 0.05) is 23.3 Å². The number of sulfonamides is 1. The third kappa shape index (κ3) is 5.12. The number of fused-ring (bicyclic) bond motifs is 1. The molecule has 4 N–H and O–H groups in total. The first-order chi connectivity index (χ1) is 17.7.